The van der Waals surface area contributed by atoms with E-state index in [4.69, 9.17) is 5.11 Å². The molecule has 0 aliphatic rings. The first-order chi connectivity index (χ1) is 5.72. The van der Waals surface area contributed by atoms with Crippen LogP contribution in [-0.2, 0) is 17.9 Å². The first-order valence-corrected chi connectivity index (χ1v) is 3.58. The van der Waals surface area contributed by atoms with Crippen molar-refractivity contribution < 1.29 is 14.3 Å². The van der Waals surface area contributed by atoms with Crippen molar-refractivity contribution in [2.45, 2.75) is 13.1 Å². The SMILES string of the molecule is O=C(O)Cc1ccc(CF)cc1. The molecule has 3 heteroatoms. The van der Waals surface area contributed by atoms with E-state index >= 15 is 0 Å². The highest BCUT2D eigenvalue weighted by Crippen LogP contribution is 2.05. The van der Waals surface area contributed by atoms with Crippen LogP contribution in [0.5, 0.6) is 0 Å². The Kier molecular flexibility index (Phi) is 2.80. The minimum atomic E-state index is -0.872. The molecule has 0 saturated heterocycles. The number of hydrogen-bond donors (Lipinski definition) is 1. The number of aliphatic carboxylic acids is 1. The van der Waals surface area contributed by atoms with Crippen LogP contribution in [-0.4, -0.2) is 11.1 Å². The molecule has 0 aliphatic heterocycles. The van der Waals surface area contributed by atoms with Gasteiger partial charge in [0, 0.05) is 0 Å². The Labute approximate surface area is 69.6 Å². The van der Waals surface area contributed by atoms with Crippen LogP contribution in [0.3, 0.4) is 0 Å². The van der Waals surface area contributed by atoms with Crippen LogP contribution in [0, 0.1) is 0 Å². The van der Waals surface area contributed by atoms with Gasteiger partial charge in [0.05, 0.1) is 6.42 Å². The van der Waals surface area contributed by atoms with Crippen LogP contribution in [0.15, 0.2) is 24.3 Å². The molecule has 0 unspecified atom stereocenters. The van der Waals surface area contributed by atoms with Gasteiger partial charge in [-0.3, -0.25) is 4.79 Å². The van der Waals surface area contributed by atoms with Crippen molar-refractivity contribution >= 4 is 5.97 Å². The summed E-state index contributed by atoms with van der Waals surface area (Å²) in [5, 5.41) is 8.42. The van der Waals surface area contributed by atoms with E-state index in [9.17, 15) is 9.18 Å². The predicted molar refractivity (Wildman–Crippen MR) is 42.6 cm³/mol. The summed E-state index contributed by atoms with van der Waals surface area (Å²) in [6, 6.07) is 6.45. The van der Waals surface area contributed by atoms with Crippen molar-refractivity contribution in [2.75, 3.05) is 0 Å². The minimum absolute atomic E-state index is 0.00738. The molecule has 64 valence electrons. The maximum absolute atomic E-state index is 12.0. The van der Waals surface area contributed by atoms with Gasteiger partial charge in [0.1, 0.15) is 6.67 Å². The number of hydrogen-bond acceptors (Lipinski definition) is 1. The normalized spacial score (nSPS) is 9.75. The molecule has 1 N–H and O–H groups in total. The van der Waals surface area contributed by atoms with Gasteiger partial charge >= 0.3 is 5.97 Å². The van der Waals surface area contributed by atoms with Gasteiger partial charge in [-0.2, -0.15) is 0 Å². The van der Waals surface area contributed by atoms with E-state index in [-0.39, 0.29) is 6.42 Å². The van der Waals surface area contributed by atoms with Crippen molar-refractivity contribution in [3.63, 3.8) is 0 Å². The zero-order chi connectivity index (χ0) is 8.97. The topological polar surface area (TPSA) is 37.3 Å². The molecule has 2 nitrogen and oxygen atoms in total. The quantitative estimate of drug-likeness (QED) is 0.746. The molecule has 0 amide bonds. The Morgan fingerprint density at radius 2 is 1.75 bits per heavy atom. The standard InChI is InChI=1S/C9H9FO2/c10-6-8-3-1-7(2-4-8)5-9(11)12/h1-4H,5-6H2,(H,11,12). The molecular formula is C9H9FO2. The average molecular weight is 168 g/mol. The maximum Gasteiger partial charge on any atom is 0.307 e. The maximum atomic E-state index is 12.0. The molecule has 1 rings (SSSR count). The van der Waals surface area contributed by atoms with Crippen LogP contribution < -0.4 is 0 Å². The summed E-state index contributed by atoms with van der Waals surface area (Å²) in [4.78, 5) is 10.2. The van der Waals surface area contributed by atoms with Crippen molar-refractivity contribution in [2.24, 2.45) is 0 Å². The highest BCUT2D eigenvalue weighted by Gasteiger charge is 1.99. The minimum Gasteiger partial charge on any atom is -0.481 e. The Balaban J connectivity index is 2.71. The molecule has 0 fully saturated rings. The molecule has 0 bridgehead atoms. The lowest BCUT2D eigenvalue weighted by Crippen LogP contribution is -1.99. The fourth-order valence-electron chi connectivity index (χ4n) is 0.921. The second-order valence-corrected chi connectivity index (χ2v) is 2.52. The van der Waals surface area contributed by atoms with Crippen LogP contribution in [0.2, 0.25) is 0 Å². The van der Waals surface area contributed by atoms with Crippen molar-refractivity contribution in [3.05, 3.63) is 35.4 Å². The zero-order valence-corrected chi connectivity index (χ0v) is 6.46. The van der Waals surface area contributed by atoms with Gasteiger partial charge in [-0.25, -0.2) is 4.39 Å². The van der Waals surface area contributed by atoms with Gasteiger partial charge in [0.2, 0.25) is 0 Å². The number of carbonyl (C=O) groups is 1. The molecule has 0 spiro atoms. The van der Waals surface area contributed by atoms with Gasteiger partial charge in [0.15, 0.2) is 0 Å². The third-order valence-corrected chi connectivity index (χ3v) is 1.53. The van der Waals surface area contributed by atoms with Crippen LogP contribution in [0.4, 0.5) is 4.39 Å². The van der Waals surface area contributed by atoms with E-state index in [0.717, 1.165) is 0 Å². The van der Waals surface area contributed by atoms with Gasteiger partial charge in [-0.05, 0) is 11.1 Å². The fourth-order valence-corrected chi connectivity index (χ4v) is 0.921. The molecule has 12 heavy (non-hydrogen) atoms. The van der Waals surface area contributed by atoms with E-state index in [1.54, 1.807) is 24.3 Å². The summed E-state index contributed by atoms with van der Waals surface area (Å²) in [6.45, 7) is -0.507. The summed E-state index contributed by atoms with van der Waals surface area (Å²) in [7, 11) is 0. The summed E-state index contributed by atoms with van der Waals surface area (Å²) >= 11 is 0. The summed E-state index contributed by atoms with van der Waals surface area (Å²) in [5.41, 5.74) is 1.27. The lowest BCUT2D eigenvalue weighted by molar-refractivity contribution is -0.136. The van der Waals surface area contributed by atoms with Crippen LogP contribution >= 0.6 is 0 Å². The molecule has 0 aliphatic carbocycles. The summed E-state index contributed by atoms with van der Waals surface area (Å²) < 4.78 is 12.0. The van der Waals surface area contributed by atoms with Crippen LogP contribution in [0.1, 0.15) is 11.1 Å². The third-order valence-electron chi connectivity index (χ3n) is 1.53. The van der Waals surface area contributed by atoms with Gasteiger partial charge in [-0.1, -0.05) is 24.3 Å². The Morgan fingerprint density at radius 1 is 1.25 bits per heavy atom. The third kappa shape index (κ3) is 2.34. The molecule has 0 aromatic heterocycles. The van der Waals surface area contributed by atoms with Crippen molar-refractivity contribution in [1.82, 2.24) is 0 Å². The molecule has 0 saturated carbocycles. The van der Waals surface area contributed by atoms with Gasteiger partial charge in [-0.15, -0.1) is 0 Å². The summed E-state index contributed by atoms with van der Waals surface area (Å²) in [6.07, 6.45) is -0.00738. The largest absolute Gasteiger partial charge is 0.481 e. The number of alkyl halides is 1. The van der Waals surface area contributed by atoms with E-state index in [1.807, 2.05) is 0 Å². The number of carboxylic acid groups (broad SMARTS) is 1. The van der Waals surface area contributed by atoms with E-state index < -0.39 is 12.6 Å². The average Bonchev–Trinajstić information content (AvgIpc) is 2.05. The molecule has 0 heterocycles. The van der Waals surface area contributed by atoms with Gasteiger partial charge in [0.25, 0.3) is 0 Å². The smallest absolute Gasteiger partial charge is 0.307 e. The summed E-state index contributed by atoms with van der Waals surface area (Å²) in [5.74, 6) is -0.872. The van der Waals surface area contributed by atoms with E-state index in [2.05, 4.69) is 0 Å². The lowest BCUT2D eigenvalue weighted by atomic mass is 10.1. The highest BCUT2D eigenvalue weighted by molar-refractivity contribution is 5.70. The second-order valence-electron chi connectivity index (χ2n) is 2.52. The van der Waals surface area contributed by atoms with E-state index in [1.165, 1.54) is 0 Å². The number of halogens is 1. The Bertz CT molecular complexity index is 266. The number of benzene rings is 1. The Hall–Kier alpha value is -1.38. The van der Waals surface area contributed by atoms with E-state index in [0.29, 0.717) is 11.1 Å². The molecule has 0 radical (unpaired) electrons. The lowest BCUT2D eigenvalue weighted by Gasteiger charge is -1.97. The second kappa shape index (κ2) is 3.85. The fraction of sp³-hybridized carbons (Fsp3) is 0.222. The van der Waals surface area contributed by atoms with Gasteiger partial charge < -0.3 is 5.11 Å². The number of rotatable bonds is 3. The van der Waals surface area contributed by atoms with Crippen molar-refractivity contribution in [3.8, 4) is 0 Å². The molecule has 0 atom stereocenters. The highest BCUT2D eigenvalue weighted by atomic mass is 19.1. The first kappa shape index (κ1) is 8.71. The molecule has 1 aromatic carbocycles. The molecular weight excluding hydrogens is 159 g/mol. The molecule has 1 aromatic rings. The monoisotopic (exact) mass is 168 g/mol. The predicted octanol–water partition coefficient (Wildman–Crippen LogP) is 1.78. The van der Waals surface area contributed by atoms with Crippen molar-refractivity contribution in [1.29, 1.82) is 0 Å². The van der Waals surface area contributed by atoms with Crippen LogP contribution in [0.25, 0.3) is 0 Å². The Morgan fingerprint density at radius 3 is 2.17 bits per heavy atom. The zero-order valence-electron chi connectivity index (χ0n) is 6.46. The first-order valence-electron chi connectivity index (χ1n) is 3.58. The number of carboxylic acids is 1.